The van der Waals surface area contributed by atoms with E-state index in [0.29, 0.717) is 44.3 Å². The number of aromatic nitrogens is 7. The number of thiol groups is 1. The molecule has 565 valence electrons. The Balaban J connectivity index is 0.000000232. The minimum atomic E-state index is -1.09. The molecule has 4 aromatic heterocycles. The van der Waals surface area contributed by atoms with E-state index in [2.05, 4.69) is 121 Å². The van der Waals surface area contributed by atoms with Crippen LogP contribution < -0.4 is 26.9 Å². The molecule has 0 spiro atoms. The van der Waals surface area contributed by atoms with Gasteiger partial charge in [-0.15, -0.1) is 0 Å². The van der Waals surface area contributed by atoms with E-state index in [1.54, 1.807) is 72.1 Å². The van der Waals surface area contributed by atoms with Crippen molar-refractivity contribution in [3.63, 3.8) is 0 Å². The molecule has 2 aliphatic rings. The predicted molar refractivity (Wildman–Crippen MR) is 436 cm³/mol. The van der Waals surface area contributed by atoms with Crippen LogP contribution >= 0.6 is 92.5 Å². The summed E-state index contributed by atoms with van der Waals surface area (Å²) in [4.78, 5) is 113. The third kappa shape index (κ3) is 21.4. The number of halogens is 5. The third-order valence-corrected chi connectivity index (χ3v) is 20.4. The molecule has 0 saturated carbocycles. The number of likely N-dealkylation sites (N-methyl/N-ethyl adjacent to an activating group) is 2. The van der Waals surface area contributed by atoms with Crippen molar-refractivity contribution in [2.45, 2.75) is 159 Å². The smallest absolute Gasteiger partial charge is 0 e. The third-order valence-electron chi connectivity index (χ3n) is 17.6. The van der Waals surface area contributed by atoms with Crippen molar-refractivity contribution >= 4 is 191 Å². The molecule has 3 atom stereocenters. The molecule has 24 nitrogen and oxygen atoms in total. The Hall–Kier alpha value is -7.31. The van der Waals surface area contributed by atoms with Gasteiger partial charge < -0.3 is 39.9 Å². The maximum atomic E-state index is 13.7. The zero-order valence-electron chi connectivity index (χ0n) is 61.0. The molecule has 2 amide bonds. The number of carbonyl (C=O) groups excluding carboxylic acids is 2. The Morgan fingerprint density at radius 1 is 0.542 bits per heavy atom. The largest absolute Gasteiger partial charge is 0 e. The summed E-state index contributed by atoms with van der Waals surface area (Å²) in [6.45, 7) is 13.2. The minimum Gasteiger partial charge on any atom is 0 e. The van der Waals surface area contributed by atoms with Crippen molar-refractivity contribution in [3.05, 3.63) is 194 Å². The molecule has 0 aliphatic carbocycles. The van der Waals surface area contributed by atoms with Gasteiger partial charge in [0.15, 0.2) is 3.23 Å². The molecule has 107 heavy (non-hydrogen) atoms. The fourth-order valence-electron chi connectivity index (χ4n) is 13.4. The number of carbonyl (C=O) groups is 6. The van der Waals surface area contributed by atoms with Gasteiger partial charge in [0.1, 0.15) is 0 Å². The predicted octanol–water partition coefficient (Wildman–Crippen LogP) is 15.3. The molecule has 1 radical (unpaired) electrons. The van der Waals surface area contributed by atoms with Gasteiger partial charge in [-0.1, -0.05) is 156 Å². The van der Waals surface area contributed by atoms with Gasteiger partial charge >= 0.3 is 59.7 Å². The average molecular weight is 1860 g/mol. The number of carboxylic acids is 4. The van der Waals surface area contributed by atoms with E-state index in [0.717, 1.165) is 117 Å². The maximum Gasteiger partial charge on any atom is 0 e. The van der Waals surface area contributed by atoms with Gasteiger partial charge in [0.25, 0.3) is 11.9 Å². The summed E-state index contributed by atoms with van der Waals surface area (Å²) in [6, 6.07) is 35.1. The van der Waals surface area contributed by atoms with Crippen LogP contribution in [0.3, 0.4) is 0 Å². The first-order chi connectivity index (χ1) is 49.9. The first kappa shape index (κ1) is 88.6. The van der Waals surface area contributed by atoms with Crippen molar-refractivity contribution < 1.29 is 73.8 Å². The molecule has 2 aliphatic heterocycles. The Bertz CT molecular complexity index is 5130. The molecular weight excluding hydrogens is 1770 g/mol. The van der Waals surface area contributed by atoms with Crippen LogP contribution in [0.2, 0.25) is 0 Å². The van der Waals surface area contributed by atoms with Gasteiger partial charge in [0.05, 0.1) is 89.7 Å². The molecule has 32 heteroatoms. The van der Waals surface area contributed by atoms with Gasteiger partial charge in [-0.25, -0.2) is 14.4 Å². The summed E-state index contributed by atoms with van der Waals surface area (Å²) >= 11 is 20.9. The van der Waals surface area contributed by atoms with Crippen LogP contribution in [-0.2, 0) is 84.6 Å². The molecule has 5 N–H and O–H groups in total. The summed E-state index contributed by atoms with van der Waals surface area (Å²) in [5.41, 5.74) is 10.4. The van der Waals surface area contributed by atoms with Gasteiger partial charge in [0, 0.05) is 107 Å². The second kappa shape index (κ2) is 38.9. The van der Waals surface area contributed by atoms with Crippen molar-refractivity contribution in [2.75, 3.05) is 23.9 Å². The fraction of sp³-hybridized carbons (Fsp3) is 0.373. The number of aliphatic carboxylic acids is 4. The summed E-state index contributed by atoms with van der Waals surface area (Å²) in [7, 11) is 9.80. The second-order valence-corrected chi connectivity index (χ2v) is 33.0. The quantitative estimate of drug-likeness (QED) is 0.0221. The number of benzene rings is 6. The number of aryl methyl sites for hydroxylation is 1. The number of alkyl halides is 2. The van der Waals surface area contributed by atoms with Gasteiger partial charge in [-0.3, -0.25) is 56.2 Å². The van der Waals surface area contributed by atoms with Crippen LogP contribution in [0.5, 0.6) is 0 Å². The van der Waals surface area contributed by atoms with E-state index in [4.69, 9.17) is 15.0 Å². The standard InChI is InChI=1S/C23H22Br3N3O4.C23H24BrN3O4.C23H24BrN3O3.C4H10O.C2H4O2.BHNS.Zn/c1-3-6-15(11-19(30)31)29-17-8-5-4-7-16(17)28(22(29)33)12-13-9-14(24)10-18-20(13)23(25,26)21(32)27(18)2;1-3-6-16(11-22(29)30)27-19-8-5-4-7-18(19)26(23(27)31)13-14-9-15(24)10-20-17(14)12-21(28)25(20)2;1-3-6-17(13-22(28)29)27-20-8-5-4-7-19(20)26(23(27)30)14-15-11-16(24)12-21-18(15)9-10-25(21)2;1-4(2,3)5;1-2(3)4;1-2-3;/h4-5,7-10,15H,3,6,11-12H2,1-2H3,(H,30,31);4-5,7-10,16H,3,6,11-13H2,1-2H3,(H,29,30);4-5,7-12,17H,3,6,13-14H2,1-2H3,(H,28,29);5H,1-3H3;1H3,(H,3,4);3H;. The molecule has 6 heterocycles. The number of amides is 2. The van der Waals surface area contributed by atoms with E-state index in [9.17, 15) is 53.7 Å². The number of imidazole rings is 3. The number of anilines is 2. The first-order valence-electron chi connectivity index (χ1n) is 34.0. The first-order valence-corrected chi connectivity index (χ1v) is 38.3. The SMILES string of the molecule is CC(=O)O.CC(C)(C)O.CCCC(CC(=O)O)n1c(=O)n(Cc2cc(Br)cc3c2C(Br)(Br)C(=O)N3C)c2ccccc21.CCCC(CC(=O)O)n1c(=O)n(Cc2cc(Br)cc3c2CC(=O)N3C)c2ccccc21.CCCC(CC(=O)O)n1c(=O)n(Cc2cc(Br)cc3c2ccn3C)c2ccccc21.[B]=NS.[Zn]. The Kier molecular flexibility index (Phi) is 32.2. The zero-order valence-corrected chi connectivity index (χ0v) is 72.8. The number of para-hydroxylation sites is 6. The molecule has 0 fully saturated rings. The van der Waals surface area contributed by atoms with Crippen LogP contribution in [0.25, 0.3) is 44.0 Å². The Morgan fingerprint density at radius 3 is 1.24 bits per heavy atom. The van der Waals surface area contributed by atoms with Crippen molar-refractivity contribution in [1.29, 1.82) is 0 Å². The normalized spacial score (nSPS) is 13.5. The number of hydrogen-bond donors (Lipinski definition) is 6. The van der Waals surface area contributed by atoms with E-state index in [1.165, 1.54) is 0 Å². The number of hydrogen-bond acceptors (Lipinski definition) is 12. The molecule has 0 saturated heterocycles. The van der Waals surface area contributed by atoms with Crippen LogP contribution in [0.4, 0.5) is 11.4 Å². The average Bonchev–Trinajstić information content (AvgIpc) is 1.60. The molecule has 12 rings (SSSR count). The molecular formula is C75H85BBr5N10O14SZn. The van der Waals surface area contributed by atoms with Crippen LogP contribution in [-0.4, -0.2) is 121 Å². The molecule has 3 unspecified atom stereocenters. The summed E-state index contributed by atoms with van der Waals surface area (Å²) in [5, 5.41) is 45.3. The van der Waals surface area contributed by atoms with E-state index in [1.807, 2.05) is 137 Å². The van der Waals surface area contributed by atoms with Crippen molar-refractivity contribution in [2.24, 2.45) is 11.3 Å². The van der Waals surface area contributed by atoms with Crippen LogP contribution in [0, 0.1) is 0 Å². The Labute approximate surface area is 679 Å². The van der Waals surface area contributed by atoms with E-state index in [-0.39, 0.29) is 80.2 Å². The molecule has 6 aromatic carbocycles. The number of fused-ring (bicyclic) bond motifs is 6. The van der Waals surface area contributed by atoms with E-state index < -0.39 is 44.8 Å². The minimum absolute atomic E-state index is 0. The second-order valence-electron chi connectivity index (χ2n) is 26.6. The monoisotopic (exact) mass is 1850 g/mol. The van der Waals surface area contributed by atoms with Crippen LogP contribution in [0.1, 0.15) is 152 Å². The van der Waals surface area contributed by atoms with E-state index >= 15 is 0 Å². The molecule has 10 aromatic rings. The van der Waals surface area contributed by atoms with Gasteiger partial charge in [0.2, 0.25) is 5.91 Å². The maximum absolute atomic E-state index is 13.7. The zero-order chi connectivity index (χ0) is 78.6. The van der Waals surface area contributed by atoms with Crippen molar-refractivity contribution in [1.82, 2.24) is 32.0 Å². The summed E-state index contributed by atoms with van der Waals surface area (Å²) in [6.07, 6.45) is 6.18. The number of nitrogens with zero attached hydrogens (tertiary/aromatic N) is 10. The fourth-order valence-corrected chi connectivity index (χ4v) is 16.3. The molecule has 0 bridgehead atoms. The summed E-state index contributed by atoms with van der Waals surface area (Å²) < 4.78 is 16.3. The number of carboxylic acid groups (broad SMARTS) is 4. The van der Waals surface area contributed by atoms with Gasteiger partial charge in [-0.05, 0) is 141 Å². The number of aliphatic hydroxyl groups is 1. The van der Waals surface area contributed by atoms with Crippen molar-refractivity contribution in [3.8, 4) is 0 Å². The van der Waals surface area contributed by atoms with Crippen LogP contribution in [0.15, 0.2) is 154 Å². The van der Waals surface area contributed by atoms with Gasteiger partial charge in [-0.2, -0.15) is 0 Å². The summed E-state index contributed by atoms with van der Waals surface area (Å²) in [5.74, 6) is -3.72. The topological polar surface area (TPSA) is 308 Å². The number of rotatable bonds is 21. The Morgan fingerprint density at radius 2 is 0.869 bits per heavy atom.